The smallest absolute Gasteiger partial charge is 0.408 e. The van der Waals surface area contributed by atoms with Crippen molar-refractivity contribution in [1.82, 2.24) is 10.6 Å². The van der Waals surface area contributed by atoms with Crippen LogP contribution in [0, 0.1) is 11.8 Å². The summed E-state index contributed by atoms with van der Waals surface area (Å²) >= 11 is 0. The molecule has 0 unspecified atom stereocenters. The summed E-state index contributed by atoms with van der Waals surface area (Å²) in [6.45, 7) is 14.7. The van der Waals surface area contributed by atoms with Gasteiger partial charge in [-0.05, 0) is 46.0 Å². The van der Waals surface area contributed by atoms with Crippen LogP contribution in [0.4, 0.5) is 4.79 Å². The fraction of sp³-hybridized carbons (Fsp3) is 0.833. The van der Waals surface area contributed by atoms with Crippen molar-refractivity contribution >= 4 is 18.0 Å². The first kappa shape index (κ1) is 23.2. The summed E-state index contributed by atoms with van der Waals surface area (Å²) < 4.78 is 10.2. The number of hydrogen-bond donors (Lipinski definition) is 2. The Kier molecular flexibility index (Phi) is 9.52. The van der Waals surface area contributed by atoms with Crippen molar-refractivity contribution in [3.8, 4) is 0 Å². The first-order valence-electron chi connectivity index (χ1n) is 8.83. The second-order valence-corrected chi connectivity index (χ2v) is 7.81. The van der Waals surface area contributed by atoms with Gasteiger partial charge in [-0.2, -0.15) is 0 Å². The van der Waals surface area contributed by atoms with E-state index in [-0.39, 0.29) is 18.4 Å². The zero-order valence-corrected chi connectivity index (χ0v) is 16.8. The summed E-state index contributed by atoms with van der Waals surface area (Å²) in [6.07, 6.45) is -0.208. The average molecular weight is 358 g/mol. The van der Waals surface area contributed by atoms with Crippen LogP contribution in [0.1, 0.15) is 61.8 Å². The van der Waals surface area contributed by atoms with Crippen LogP contribution in [-0.4, -0.2) is 42.3 Å². The molecule has 7 heteroatoms. The highest BCUT2D eigenvalue weighted by atomic mass is 16.6. The number of hydrogen-bond acceptors (Lipinski definition) is 5. The summed E-state index contributed by atoms with van der Waals surface area (Å²) in [7, 11) is 0. The normalized spacial score (nSPS) is 14.0. The van der Waals surface area contributed by atoms with Crippen molar-refractivity contribution in [1.29, 1.82) is 0 Å². The lowest BCUT2D eigenvalue weighted by molar-refractivity contribution is -0.148. The third-order valence-corrected chi connectivity index (χ3v) is 3.22. The summed E-state index contributed by atoms with van der Waals surface area (Å²) in [5.41, 5.74) is -0.660. The molecule has 0 radical (unpaired) electrons. The van der Waals surface area contributed by atoms with E-state index in [4.69, 9.17) is 9.47 Å². The number of rotatable bonds is 8. The maximum Gasteiger partial charge on any atom is 0.408 e. The molecule has 2 amide bonds. The minimum atomic E-state index is -0.807. The van der Waals surface area contributed by atoms with Gasteiger partial charge >= 0.3 is 12.1 Å². The summed E-state index contributed by atoms with van der Waals surface area (Å²) in [4.78, 5) is 36.6. The van der Waals surface area contributed by atoms with E-state index in [2.05, 4.69) is 10.6 Å². The topological polar surface area (TPSA) is 93.7 Å². The molecule has 0 heterocycles. The molecule has 25 heavy (non-hydrogen) atoms. The molecule has 0 aliphatic heterocycles. The first-order valence-corrected chi connectivity index (χ1v) is 8.83. The van der Waals surface area contributed by atoms with Gasteiger partial charge in [0.05, 0.1) is 6.61 Å². The van der Waals surface area contributed by atoms with Crippen LogP contribution in [0.5, 0.6) is 0 Å². The minimum Gasteiger partial charge on any atom is -0.464 e. The van der Waals surface area contributed by atoms with Crippen LogP contribution < -0.4 is 10.6 Å². The predicted molar refractivity (Wildman–Crippen MR) is 96.0 cm³/mol. The van der Waals surface area contributed by atoms with E-state index in [1.807, 2.05) is 27.7 Å². The Morgan fingerprint density at radius 1 is 1.00 bits per heavy atom. The number of ether oxygens (including phenoxy) is 2. The van der Waals surface area contributed by atoms with Crippen molar-refractivity contribution in [3.63, 3.8) is 0 Å². The van der Waals surface area contributed by atoms with Gasteiger partial charge in [-0.25, -0.2) is 9.59 Å². The molecular weight excluding hydrogens is 324 g/mol. The predicted octanol–water partition coefficient (Wildman–Crippen LogP) is 2.63. The minimum absolute atomic E-state index is 0.172. The third-order valence-electron chi connectivity index (χ3n) is 3.22. The van der Waals surface area contributed by atoms with Crippen LogP contribution in [-0.2, 0) is 19.1 Å². The molecule has 0 aliphatic carbocycles. The number of amides is 2. The molecule has 2 atom stereocenters. The van der Waals surface area contributed by atoms with E-state index in [0.717, 1.165) is 0 Å². The molecule has 7 nitrogen and oxygen atoms in total. The van der Waals surface area contributed by atoms with Gasteiger partial charge in [-0.15, -0.1) is 0 Å². The number of esters is 1. The Hall–Kier alpha value is -1.79. The highest BCUT2D eigenvalue weighted by Crippen LogP contribution is 2.11. The number of nitrogens with one attached hydrogen (secondary N) is 2. The molecule has 0 bridgehead atoms. The van der Waals surface area contributed by atoms with Crippen molar-refractivity contribution < 1.29 is 23.9 Å². The number of carbonyl (C=O) groups excluding carboxylic acids is 3. The third kappa shape index (κ3) is 9.94. The summed E-state index contributed by atoms with van der Waals surface area (Å²) in [5.74, 6) is -0.871. The zero-order chi connectivity index (χ0) is 19.8. The first-order chi connectivity index (χ1) is 11.4. The molecule has 0 spiro atoms. The second kappa shape index (κ2) is 10.3. The standard InChI is InChI=1S/C18H34N2O5/c1-9-24-16(22)13(10-11(2)3)19-15(21)14(12(4)5)20-17(23)25-18(6,7)8/h11-14H,9-10H2,1-8H3,(H,19,21)(H,20,23)/t13-,14+/m1/s1. The maximum atomic E-state index is 12.6. The molecule has 146 valence electrons. The van der Waals surface area contributed by atoms with Gasteiger partial charge in [0.25, 0.3) is 0 Å². The van der Waals surface area contributed by atoms with Crippen LogP contribution in [0.3, 0.4) is 0 Å². The van der Waals surface area contributed by atoms with Crippen molar-refractivity contribution in [3.05, 3.63) is 0 Å². The molecule has 0 aliphatic rings. The van der Waals surface area contributed by atoms with Gasteiger partial charge in [-0.3, -0.25) is 4.79 Å². The second-order valence-electron chi connectivity index (χ2n) is 7.81. The van der Waals surface area contributed by atoms with Gasteiger partial charge in [0, 0.05) is 0 Å². The maximum absolute atomic E-state index is 12.6. The summed E-state index contributed by atoms with van der Waals surface area (Å²) in [6, 6.07) is -1.55. The molecule has 0 saturated carbocycles. The van der Waals surface area contributed by atoms with Gasteiger partial charge in [0.1, 0.15) is 17.7 Å². The van der Waals surface area contributed by atoms with Gasteiger partial charge in [-0.1, -0.05) is 27.7 Å². The zero-order valence-electron chi connectivity index (χ0n) is 16.8. The molecule has 0 saturated heterocycles. The van der Waals surface area contributed by atoms with Crippen LogP contribution in [0.15, 0.2) is 0 Å². The van der Waals surface area contributed by atoms with Crippen molar-refractivity contribution in [2.24, 2.45) is 11.8 Å². The largest absolute Gasteiger partial charge is 0.464 e. The van der Waals surface area contributed by atoms with Gasteiger partial charge < -0.3 is 20.1 Å². The lowest BCUT2D eigenvalue weighted by atomic mass is 10.0. The molecule has 0 aromatic rings. The van der Waals surface area contributed by atoms with Crippen LogP contribution in [0.25, 0.3) is 0 Å². The molecule has 0 rings (SSSR count). The molecule has 2 N–H and O–H groups in total. The van der Waals surface area contributed by atoms with E-state index >= 15 is 0 Å². The van der Waals surface area contributed by atoms with Crippen molar-refractivity contribution in [2.75, 3.05) is 6.61 Å². The van der Waals surface area contributed by atoms with E-state index in [1.165, 1.54) is 0 Å². The lowest BCUT2D eigenvalue weighted by Gasteiger charge is -2.27. The van der Waals surface area contributed by atoms with Gasteiger partial charge in [0.15, 0.2) is 0 Å². The number of alkyl carbamates (subject to hydrolysis) is 1. The summed E-state index contributed by atoms with van der Waals surface area (Å²) in [5, 5.41) is 5.28. The molecule has 0 aromatic heterocycles. The molecule has 0 aromatic carbocycles. The van der Waals surface area contributed by atoms with Gasteiger partial charge in [0.2, 0.25) is 5.91 Å². The molecule has 0 fully saturated rings. The highest BCUT2D eigenvalue weighted by molar-refractivity contribution is 5.89. The van der Waals surface area contributed by atoms with E-state index < -0.39 is 35.7 Å². The monoisotopic (exact) mass is 358 g/mol. The Balaban J connectivity index is 5.05. The lowest BCUT2D eigenvalue weighted by Crippen LogP contribution is -2.54. The van der Waals surface area contributed by atoms with E-state index in [0.29, 0.717) is 6.42 Å². The Bertz CT molecular complexity index is 455. The van der Waals surface area contributed by atoms with Crippen LogP contribution >= 0.6 is 0 Å². The Labute approximate surface area is 151 Å². The van der Waals surface area contributed by atoms with E-state index in [1.54, 1.807) is 27.7 Å². The van der Waals surface area contributed by atoms with Crippen LogP contribution in [0.2, 0.25) is 0 Å². The average Bonchev–Trinajstić information content (AvgIpc) is 2.41. The SMILES string of the molecule is CCOC(=O)[C@@H](CC(C)C)NC(=O)[C@@H](NC(=O)OC(C)(C)C)C(C)C. The number of carbonyl (C=O) groups is 3. The molecular formula is C18H34N2O5. The Morgan fingerprint density at radius 3 is 1.96 bits per heavy atom. The van der Waals surface area contributed by atoms with Crippen molar-refractivity contribution in [2.45, 2.75) is 79.5 Å². The fourth-order valence-corrected chi connectivity index (χ4v) is 2.16. The fourth-order valence-electron chi connectivity index (χ4n) is 2.16. The highest BCUT2D eigenvalue weighted by Gasteiger charge is 2.31. The Morgan fingerprint density at radius 2 is 1.56 bits per heavy atom. The van der Waals surface area contributed by atoms with E-state index in [9.17, 15) is 14.4 Å². The quantitative estimate of drug-likeness (QED) is 0.651.